The Kier molecular flexibility index (Phi) is 9.57. The molecular formula is C28H34ClFN2O3S. The van der Waals surface area contributed by atoms with Crippen LogP contribution in [0.15, 0.2) is 41.9 Å². The summed E-state index contributed by atoms with van der Waals surface area (Å²) in [4.78, 5) is 19.3. The number of methoxy groups -OCH3 is 1. The number of ether oxygens (including phenoxy) is 1. The lowest BCUT2D eigenvalue weighted by Gasteiger charge is -2.39. The number of likely N-dealkylation sites (tertiary alicyclic amines) is 1. The summed E-state index contributed by atoms with van der Waals surface area (Å²) in [6, 6.07) is 9.24. The largest absolute Gasteiger partial charge is 0.497 e. The number of aliphatic carboxylic acids is 1. The molecule has 1 aliphatic heterocycles. The minimum absolute atomic E-state index is 0.160. The molecule has 3 aromatic rings. The number of alkyl halides is 1. The van der Waals surface area contributed by atoms with E-state index in [9.17, 15) is 9.90 Å². The van der Waals surface area contributed by atoms with Gasteiger partial charge in [0.25, 0.3) is 0 Å². The second kappa shape index (κ2) is 12.8. The molecular weight excluding hydrogens is 499 g/mol. The summed E-state index contributed by atoms with van der Waals surface area (Å²) in [5.74, 6) is 0.514. The number of halogens is 2. The van der Waals surface area contributed by atoms with Gasteiger partial charge < -0.3 is 14.7 Å². The van der Waals surface area contributed by atoms with Crippen LogP contribution >= 0.6 is 22.9 Å². The van der Waals surface area contributed by atoms with Crippen LogP contribution in [0.2, 0.25) is 5.02 Å². The van der Waals surface area contributed by atoms with Crippen LogP contribution in [0.25, 0.3) is 10.9 Å². The Morgan fingerprint density at radius 3 is 2.92 bits per heavy atom. The normalized spacial score (nSPS) is 19.4. The van der Waals surface area contributed by atoms with Gasteiger partial charge in [-0.15, -0.1) is 11.3 Å². The van der Waals surface area contributed by atoms with Crippen LogP contribution in [0.1, 0.15) is 55.1 Å². The Morgan fingerprint density at radius 2 is 2.17 bits per heavy atom. The number of thiophene rings is 1. The number of aromatic nitrogens is 1. The minimum atomic E-state index is -1.10. The number of pyridine rings is 1. The summed E-state index contributed by atoms with van der Waals surface area (Å²) < 4.78 is 20.9. The summed E-state index contributed by atoms with van der Waals surface area (Å²) in [6.07, 6.45) is 5.49. The van der Waals surface area contributed by atoms with Crippen molar-refractivity contribution in [3.05, 3.63) is 57.4 Å². The van der Waals surface area contributed by atoms with Gasteiger partial charge in [0.15, 0.2) is 0 Å². The van der Waals surface area contributed by atoms with Gasteiger partial charge in [-0.2, -0.15) is 0 Å². The zero-order valence-electron chi connectivity index (χ0n) is 20.7. The fourth-order valence-electron chi connectivity index (χ4n) is 5.40. The molecule has 2 aromatic heterocycles. The van der Waals surface area contributed by atoms with Gasteiger partial charge >= 0.3 is 5.97 Å². The van der Waals surface area contributed by atoms with E-state index in [1.807, 2.05) is 29.6 Å². The Labute approximate surface area is 221 Å². The van der Waals surface area contributed by atoms with Crippen LogP contribution in [-0.4, -0.2) is 47.7 Å². The van der Waals surface area contributed by atoms with Crippen molar-refractivity contribution < 1.29 is 19.0 Å². The van der Waals surface area contributed by atoms with Gasteiger partial charge in [0.05, 0.1) is 17.6 Å². The number of nitrogens with zero attached hydrogens (tertiary/aromatic N) is 2. The molecule has 4 rings (SSSR count). The number of fused-ring (bicyclic) bond motifs is 1. The third-order valence-electron chi connectivity index (χ3n) is 7.38. The third kappa shape index (κ3) is 6.96. The van der Waals surface area contributed by atoms with Crippen molar-refractivity contribution >= 4 is 39.8 Å². The van der Waals surface area contributed by atoms with Crippen molar-refractivity contribution in [1.29, 1.82) is 0 Å². The summed E-state index contributed by atoms with van der Waals surface area (Å²) in [6.45, 7) is 2.82. The number of hydrogen-bond acceptors (Lipinski definition) is 5. The minimum Gasteiger partial charge on any atom is -0.497 e. The van der Waals surface area contributed by atoms with Gasteiger partial charge in [-0.25, -0.2) is 4.39 Å². The second-order valence-corrected chi connectivity index (χ2v) is 11.1. The number of carboxylic acid groups (broad SMARTS) is 1. The average molecular weight is 533 g/mol. The first-order valence-electron chi connectivity index (χ1n) is 12.7. The van der Waals surface area contributed by atoms with E-state index >= 15 is 4.39 Å². The van der Waals surface area contributed by atoms with Crippen molar-refractivity contribution in [1.82, 2.24) is 9.88 Å². The molecule has 1 N–H and O–H groups in total. The predicted octanol–water partition coefficient (Wildman–Crippen LogP) is 7.18. The molecule has 5 nitrogen and oxygen atoms in total. The molecule has 3 heterocycles. The summed E-state index contributed by atoms with van der Waals surface area (Å²) in [7, 11) is 1.60. The number of carbonyl (C=O) groups is 1. The molecule has 8 heteroatoms. The van der Waals surface area contributed by atoms with E-state index in [2.05, 4.69) is 9.88 Å². The van der Waals surface area contributed by atoms with E-state index in [0.717, 1.165) is 61.2 Å². The van der Waals surface area contributed by atoms with E-state index in [1.54, 1.807) is 30.7 Å². The SMILES string of the molecule is COc1ccc2nccc(C(F)CC[C@@H]3CCN(CCCc4sccc4Cl)C[C@@H]3CCC(=O)O)c2c1. The third-order valence-corrected chi connectivity index (χ3v) is 8.83. The molecule has 0 radical (unpaired) electrons. The van der Waals surface area contributed by atoms with E-state index in [4.69, 9.17) is 16.3 Å². The topological polar surface area (TPSA) is 62.7 Å². The number of rotatable bonds is 12. The van der Waals surface area contributed by atoms with Crippen LogP contribution in [0.5, 0.6) is 5.75 Å². The molecule has 0 aliphatic carbocycles. The first kappa shape index (κ1) is 26.8. The monoisotopic (exact) mass is 532 g/mol. The quantitative estimate of drug-likeness (QED) is 0.267. The molecule has 0 amide bonds. The van der Waals surface area contributed by atoms with Crippen LogP contribution < -0.4 is 4.74 Å². The van der Waals surface area contributed by atoms with Crippen molar-refractivity contribution in [2.45, 2.75) is 51.1 Å². The predicted molar refractivity (Wildman–Crippen MR) is 144 cm³/mol. The molecule has 194 valence electrons. The van der Waals surface area contributed by atoms with Gasteiger partial charge in [0, 0.05) is 29.4 Å². The van der Waals surface area contributed by atoms with E-state index in [1.165, 1.54) is 4.88 Å². The highest BCUT2D eigenvalue weighted by Gasteiger charge is 2.30. The molecule has 1 saturated heterocycles. The Morgan fingerprint density at radius 1 is 1.31 bits per heavy atom. The van der Waals surface area contributed by atoms with Crippen LogP contribution in [0, 0.1) is 11.8 Å². The lowest BCUT2D eigenvalue weighted by Crippen LogP contribution is -2.41. The summed E-state index contributed by atoms with van der Waals surface area (Å²) in [5.41, 5.74) is 1.40. The molecule has 0 bridgehead atoms. The maximum Gasteiger partial charge on any atom is 0.303 e. The number of carboxylic acids is 1. The zero-order valence-corrected chi connectivity index (χ0v) is 22.2. The maximum absolute atomic E-state index is 15.5. The van der Waals surface area contributed by atoms with Crippen molar-refractivity contribution in [3.8, 4) is 5.75 Å². The number of benzene rings is 1. The van der Waals surface area contributed by atoms with Gasteiger partial charge in [-0.1, -0.05) is 11.6 Å². The van der Waals surface area contributed by atoms with Gasteiger partial charge in [0.1, 0.15) is 11.9 Å². The highest BCUT2D eigenvalue weighted by atomic mass is 35.5. The molecule has 1 unspecified atom stereocenters. The smallest absolute Gasteiger partial charge is 0.303 e. The fourth-order valence-corrected chi connectivity index (χ4v) is 6.58. The highest BCUT2D eigenvalue weighted by Crippen LogP contribution is 2.36. The maximum atomic E-state index is 15.5. The number of hydrogen-bond donors (Lipinski definition) is 1. The van der Waals surface area contributed by atoms with E-state index in [0.29, 0.717) is 30.1 Å². The van der Waals surface area contributed by atoms with Crippen molar-refractivity contribution in [3.63, 3.8) is 0 Å². The van der Waals surface area contributed by atoms with Gasteiger partial charge in [0.2, 0.25) is 0 Å². The average Bonchev–Trinajstić information content (AvgIpc) is 3.30. The van der Waals surface area contributed by atoms with Crippen LogP contribution in [0.3, 0.4) is 0 Å². The Balaban J connectivity index is 1.36. The van der Waals surface area contributed by atoms with E-state index < -0.39 is 12.1 Å². The van der Waals surface area contributed by atoms with Gasteiger partial charge in [-0.3, -0.25) is 9.78 Å². The molecule has 3 atom stereocenters. The summed E-state index contributed by atoms with van der Waals surface area (Å²) >= 11 is 7.92. The second-order valence-electron chi connectivity index (χ2n) is 9.67. The highest BCUT2D eigenvalue weighted by molar-refractivity contribution is 7.10. The van der Waals surface area contributed by atoms with Crippen LogP contribution in [0.4, 0.5) is 4.39 Å². The van der Waals surface area contributed by atoms with Crippen molar-refractivity contribution in [2.75, 3.05) is 26.7 Å². The van der Waals surface area contributed by atoms with Crippen molar-refractivity contribution in [2.24, 2.45) is 11.8 Å². The zero-order chi connectivity index (χ0) is 25.5. The lowest BCUT2D eigenvalue weighted by molar-refractivity contribution is -0.137. The molecule has 0 spiro atoms. The molecule has 1 aliphatic rings. The molecule has 1 fully saturated rings. The number of piperidine rings is 1. The Hall–Kier alpha value is -2.22. The van der Waals surface area contributed by atoms with Crippen LogP contribution in [-0.2, 0) is 11.2 Å². The first-order chi connectivity index (χ1) is 17.4. The molecule has 36 heavy (non-hydrogen) atoms. The fraction of sp³-hybridized carbons (Fsp3) is 0.500. The van der Waals surface area contributed by atoms with Gasteiger partial charge in [-0.05, 0) is 105 Å². The standard InChI is InChI=1S/C28H34ClFN2O3S/c1-35-21-6-8-26-23(17-21)22(10-13-31-26)25(30)7-4-19-11-15-32(18-20(19)5-9-28(33)34)14-2-3-27-24(29)12-16-36-27/h6,8,10,12-13,16-17,19-20,25H,2-5,7,9,11,14-15,18H2,1H3,(H,33,34)/t19-,20+,25?/m1/s1. The van der Waals surface area contributed by atoms with E-state index in [-0.39, 0.29) is 12.3 Å². The summed E-state index contributed by atoms with van der Waals surface area (Å²) in [5, 5.41) is 12.9. The first-order valence-corrected chi connectivity index (χ1v) is 13.9. The lowest BCUT2D eigenvalue weighted by atomic mass is 9.79. The number of aryl methyl sites for hydroxylation is 1. The molecule has 0 saturated carbocycles. The Bertz CT molecular complexity index is 1160. The molecule has 1 aromatic carbocycles.